The molecule has 0 radical (unpaired) electrons. The van der Waals surface area contributed by atoms with Gasteiger partial charge in [-0.3, -0.25) is 9.48 Å². The Hall–Kier alpha value is -4.38. The van der Waals surface area contributed by atoms with E-state index in [1.54, 1.807) is 28.8 Å². The highest BCUT2D eigenvalue weighted by atomic mass is 19.1. The predicted octanol–water partition coefficient (Wildman–Crippen LogP) is 5.44. The number of nitriles is 1. The average Bonchev–Trinajstić information content (AvgIpc) is 3.65. The van der Waals surface area contributed by atoms with Crippen molar-refractivity contribution < 1.29 is 13.9 Å². The summed E-state index contributed by atoms with van der Waals surface area (Å²) in [6.45, 7) is 2.99. The van der Waals surface area contributed by atoms with Crippen molar-refractivity contribution in [3.8, 4) is 45.5 Å². The summed E-state index contributed by atoms with van der Waals surface area (Å²) in [5, 5.41) is 14.4. The smallest absolute Gasteiger partial charge is 0.271 e. The molecule has 2 aromatic heterocycles. The van der Waals surface area contributed by atoms with Crippen LogP contribution in [0.5, 0.6) is 5.75 Å². The third-order valence-corrected chi connectivity index (χ3v) is 7.87. The number of carbonyl (C=O) groups excluding carboxylic acids is 1. The summed E-state index contributed by atoms with van der Waals surface area (Å²) in [5.41, 5.74) is 6.03. The van der Waals surface area contributed by atoms with Crippen LogP contribution in [0, 0.1) is 17.1 Å². The van der Waals surface area contributed by atoms with Gasteiger partial charge in [0.15, 0.2) is 0 Å². The van der Waals surface area contributed by atoms with Crippen molar-refractivity contribution in [1.29, 1.82) is 5.26 Å². The molecule has 0 N–H and O–H groups in total. The van der Waals surface area contributed by atoms with E-state index in [1.165, 1.54) is 12.1 Å². The summed E-state index contributed by atoms with van der Waals surface area (Å²) < 4.78 is 23.4. The van der Waals surface area contributed by atoms with E-state index < -0.39 is 5.54 Å². The van der Waals surface area contributed by atoms with Crippen LogP contribution in [-0.4, -0.2) is 44.3 Å². The van der Waals surface area contributed by atoms with Gasteiger partial charge in [0.2, 0.25) is 0 Å². The molecule has 0 saturated carbocycles. The maximum absolute atomic E-state index is 14.0. The molecule has 4 heterocycles. The van der Waals surface area contributed by atoms with Crippen molar-refractivity contribution in [1.82, 2.24) is 19.2 Å². The van der Waals surface area contributed by atoms with Gasteiger partial charge < -0.3 is 14.2 Å². The Morgan fingerprint density at radius 3 is 2.58 bits per heavy atom. The molecule has 8 heteroatoms. The third-order valence-electron chi connectivity index (χ3n) is 7.87. The number of aryl methyl sites for hydroxylation is 2. The number of likely N-dealkylation sites (tertiary alicyclic amines) is 1. The SMILES string of the molecule is COc1cc2c(cc1-c1ccn(C)n1)-c1c(-c3ccc(F)cc3)cc(C(=O)N3CCC[C@]3(C)C#N)n1CC2. The highest BCUT2D eigenvalue weighted by Crippen LogP contribution is 2.45. The van der Waals surface area contributed by atoms with Crippen LogP contribution in [-0.2, 0) is 20.0 Å². The Labute approximate surface area is 220 Å². The minimum absolute atomic E-state index is 0.150. The summed E-state index contributed by atoms with van der Waals surface area (Å²) in [5.74, 6) is 0.273. The van der Waals surface area contributed by atoms with E-state index in [-0.39, 0.29) is 11.7 Å². The van der Waals surface area contributed by atoms with E-state index in [0.29, 0.717) is 31.6 Å². The van der Waals surface area contributed by atoms with Crippen molar-refractivity contribution in [3.05, 3.63) is 71.8 Å². The lowest BCUT2D eigenvalue weighted by Crippen LogP contribution is -2.44. The number of ether oxygens (including phenoxy) is 1. The zero-order valence-electron chi connectivity index (χ0n) is 21.7. The zero-order valence-corrected chi connectivity index (χ0v) is 21.7. The number of carbonyl (C=O) groups is 1. The Morgan fingerprint density at radius 2 is 1.89 bits per heavy atom. The highest BCUT2D eigenvalue weighted by Gasteiger charge is 2.42. The van der Waals surface area contributed by atoms with Crippen molar-refractivity contribution >= 4 is 5.91 Å². The summed E-state index contributed by atoms with van der Waals surface area (Å²) in [6, 6.07) is 16.7. The third kappa shape index (κ3) is 3.69. The normalized spacial score (nSPS) is 18.1. The van der Waals surface area contributed by atoms with E-state index >= 15 is 0 Å². The molecule has 0 aliphatic carbocycles. The van der Waals surface area contributed by atoms with E-state index in [4.69, 9.17) is 4.74 Å². The van der Waals surface area contributed by atoms with Gasteiger partial charge in [-0.2, -0.15) is 10.4 Å². The molecule has 6 rings (SSSR count). The molecule has 4 aromatic rings. The van der Waals surface area contributed by atoms with E-state index in [9.17, 15) is 14.4 Å². The summed E-state index contributed by atoms with van der Waals surface area (Å²) >= 11 is 0. The Morgan fingerprint density at radius 1 is 1.11 bits per heavy atom. The molecule has 0 unspecified atom stereocenters. The summed E-state index contributed by atoms with van der Waals surface area (Å²) in [4.78, 5) is 15.7. The standard InChI is InChI=1S/C30H28FN5O2/c1-30(18-32)11-4-12-36(30)29(37)26-17-23(19-5-7-21(31)8-6-19)28-22-16-24(25-10-13-34(2)33-25)27(38-3)15-20(22)9-14-35(26)28/h5-8,10,13,15-17H,4,9,11-12,14H2,1-3H3/t30-/m1/s1. The number of hydrogen-bond donors (Lipinski definition) is 0. The highest BCUT2D eigenvalue weighted by molar-refractivity contribution is 5.99. The number of hydrogen-bond acceptors (Lipinski definition) is 4. The molecular formula is C30H28FN5O2. The molecule has 1 atom stereocenters. The van der Waals surface area contributed by atoms with Crippen LogP contribution in [0.1, 0.15) is 35.8 Å². The fourth-order valence-electron chi connectivity index (χ4n) is 5.85. The fourth-order valence-corrected chi connectivity index (χ4v) is 5.85. The number of rotatable bonds is 4. The first-order valence-corrected chi connectivity index (χ1v) is 12.8. The number of amides is 1. The van der Waals surface area contributed by atoms with E-state index in [2.05, 4.69) is 27.9 Å². The Bertz CT molecular complexity index is 1610. The maximum Gasteiger partial charge on any atom is 0.271 e. The molecule has 1 amide bonds. The lowest BCUT2D eigenvalue weighted by Gasteiger charge is -2.30. The topological polar surface area (TPSA) is 76.1 Å². The average molecular weight is 510 g/mol. The first-order chi connectivity index (χ1) is 18.3. The molecule has 192 valence electrons. The number of benzene rings is 2. The van der Waals surface area contributed by atoms with Crippen molar-refractivity contribution in [2.45, 2.75) is 38.3 Å². The molecule has 1 fully saturated rings. The molecule has 0 spiro atoms. The minimum Gasteiger partial charge on any atom is -0.496 e. The van der Waals surface area contributed by atoms with Crippen LogP contribution in [0.3, 0.4) is 0 Å². The number of methoxy groups -OCH3 is 1. The number of halogens is 1. The minimum atomic E-state index is -0.829. The van der Waals surface area contributed by atoms with Crippen LogP contribution in [0.4, 0.5) is 4.39 Å². The van der Waals surface area contributed by atoms with Crippen LogP contribution in [0.25, 0.3) is 33.6 Å². The van der Waals surface area contributed by atoms with Gasteiger partial charge in [-0.05, 0) is 73.7 Å². The molecule has 2 aliphatic heterocycles. The van der Waals surface area contributed by atoms with Gasteiger partial charge in [0.1, 0.15) is 22.8 Å². The van der Waals surface area contributed by atoms with E-state index in [1.807, 2.05) is 32.3 Å². The van der Waals surface area contributed by atoms with Crippen LogP contribution in [0.2, 0.25) is 0 Å². The Kier molecular flexibility index (Phi) is 5.60. The van der Waals surface area contributed by atoms with Gasteiger partial charge in [-0.15, -0.1) is 0 Å². The van der Waals surface area contributed by atoms with Gasteiger partial charge in [-0.1, -0.05) is 12.1 Å². The second kappa shape index (κ2) is 8.88. The van der Waals surface area contributed by atoms with Crippen LogP contribution in [0.15, 0.2) is 54.7 Å². The predicted molar refractivity (Wildman–Crippen MR) is 142 cm³/mol. The van der Waals surface area contributed by atoms with Gasteiger partial charge in [0.05, 0.1) is 24.6 Å². The molecular weight excluding hydrogens is 481 g/mol. The molecule has 1 saturated heterocycles. The monoisotopic (exact) mass is 509 g/mol. The maximum atomic E-state index is 14.0. The van der Waals surface area contributed by atoms with Crippen LogP contribution >= 0.6 is 0 Å². The number of nitrogens with zero attached hydrogens (tertiary/aromatic N) is 5. The second-order valence-electron chi connectivity index (χ2n) is 10.2. The van der Waals surface area contributed by atoms with Gasteiger partial charge in [-0.25, -0.2) is 4.39 Å². The van der Waals surface area contributed by atoms with Gasteiger partial charge in [0.25, 0.3) is 5.91 Å². The van der Waals surface area contributed by atoms with Gasteiger partial charge in [0, 0.05) is 43.0 Å². The van der Waals surface area contributed by atoms with Crippen molar-refractivity contribution in [2.75, 3.05) is 13.7 Å². The Balaban J connectivity index is 1.58. The van der Waals surface area contributed by atoms with Crippen LogP contribution < -0.4 is 4.74 Å². The lowest BCUT2D eigenvalue weighted by molar-refractivity contribution is 0.0682. The molecule has 38 heavy (non-hydrogen) atoms. The second-order valence-corrected chi connectivity index (χ2v) is 10.2. The molecule has 0 bridgehead atoms. The van der Waals surface area contributed by atoms with Crippen molar-refractivity contribution in [2.24, 2.45) is 7.05 Å². The molecule has 2 aromatic carbocycles. The zero-order chi connectivity index (χ0) is 26.6. The summed E-state index contributed by atoms with van der Waals surface area (Å²) in [7, 11) is 3.53. The van der Waals surface area contributed by atoms with Gasteiger partial charge >= 0.3 is 0 Å². The first-order valence-electron chi connectivity index (χ1n) is 12.8. The number of aromatic nitrogens is 3. The van der Waals surface area contributed by atoms with Crippen molar-refractivity contribution in [3.63, 3.8) is 0 Å². The number of fused-ring (bicyclic) bond motifs is 3. The molecule has 2 aliphatic rings. The fraction of sp³-hybridized carbons (Fsp3) is 0.300. The first kappa shape index (κ1) is 24.0. The quantitative estimate of drug-likeness (QED) is 0.367. The lowest BCUT2D eigenvalue weighted by atomic mass is 9.91. The summed E-state index contributed by atoms with van der Waals surface area (Å²) in [6.07, 6.45) is 4.06. The molecule has 7 nitrogen and oxygen atoms in total. The van der Waals surface area contributed by atoms with E-state index in [0.717, 1.165) is 51.4 Å². The largest absolute Gasteiger partial charge is 0.496 e.